The van der Waals surface area contributed by atoms with Crippen LogP contribution in [0.4, 0.5) is 0 Å². The van der Waals surface area contributed by atoms with Crippen LogP contribution in [0.5, 0.6) is 0 Å². The third kappa shape index (κ3) is 5.72. The first kappa shape index (κ1) is 20.7. The van der Waals surface area contributed by atoms with Crippen LogP contribution in [0.15, 0.2) is 30.5 Å². The highest BCUT2D eigenvalue weighted by molar-refractivity contribution is 7.77. The van der Waals surface area contributed by atoms with E-state index in [-0.39, 0.29) is 0 Å². The summed E-state index contributed by atoms with van der Waals surface area (Å²) in [4.78, 5) is 2.47. The molecule has 158 valence electrons. The van der Waals surface area contributed by atoms with E-state index in [1.165, 1.54) is 37.7 Å². The second-order valence-corrected chi connectivity index (χ2v) is 9.09. The maximum Gasteiger partial charge on any atom is 0.0967 e. The molecule has 1 aliphatic heterocycles. The summed E-state index contributed by atoms with van der Waals surface area (Å²) in [5.41, 5.74) is 3.39. The van der Waals surface area contributed by atoms with Gasteiger partial charge in [-0.3, -0.25) is 9.11 Å². The first-order valence-electron chi connectivity index (χ1n) is 10.7. The van der Waals surface area contributed by atoms with E-state index in [0.717, 1.165) is 43.7 Å². The predicted molar refractivity (Wildman–Crippen MR) is 112 cm³/mol. The molecule has 1 atom stereocenters. The van der Waals surface area contributed by atoms with E-state index in [1.54, 1.807) is 0 Å². The van der Waals surface area contributed by atoms with Crippen molar-refractivity contribution in [1.29, 1.82) is 0 Å². The van der Waals surface area contributed by atoms with Crippen molar-refractivity contribution in [1.82, 2.24) is 24.6 Å². The summed E-state index contributed by atoms with van der Waals surface area (Å²) in [6.45, 7) is 3.32. The molecule has 29 heavy (non-hydrogen) atoms. The van der Waals surface area contributed by atoms with E-state index >= 15 is 0 Å². The normalized spacial score (nSPS) is 20.7. The molecule has 0 radical (unpaired) electrons. The van der Waals surface area contributed by atoms with Crippen LogP contribution in [0.1, 0.15) is 73.7 Å². The fourth-order valence-electron chi connectivity index (χ4n) is 4.66. The molecule has 8 heteroatoms. The molecule has 2 aliphatic rings. The van der Waals surface area contributed by atoms with Gasteiger partial charge in [0.2, 0.25) is 0 Å². The Morgan fingerprint density at radius 3 is 2.69 bits per heavy atom. The van der Waals surface area contributed by atoms with E-state index < -0.39 is 11.3 Å². The van der Waals surface area contributed by atoms with Crippen LogP contribution in [0, 0.1) is 0 Å². The minimum Gasteiger partial charge on any atom is -0.760 e. The number of hydrogen-bond acceptors (Lipinski definition) is 5. The Bertz CT molecular complexity index is 813. The number of aromatic nitrogens is 3. The molecule has 0 amide bonds. The summed E-state index contributed by atoms with van der Waals surface area (Å²) < 4.78 is 26.0. The van der Waals surface area contributed by atoms with Gasteiger partial charge in [-0.15, -0.1) is 5.10 Å². The Morgan fingerprint density at radius 1 is 1.14 bits per heavy atom. The van der Waals surface area contributed by atoms with E-state index in [9.17, 15) is 8.76 Å². The lowest BCUT2D eigenvalue weighted by Gasteiger charge is -2.31. The Hall–Kier alpha value is -1.61. The van der Waals surface area contributed by atoms with Crippen molar-refractivity contribution in [3.63, 3.8) is 0 Å². The Labute approximate surface area is 175 Å². The Morgan fingerprint density at radius 2 is 1.93 bits per heavy atom. The third-order valence-electron chi connectivity index (χ3n) is 6.30. The quantitative estimate of drug-likeness (QED) is 0.701. The molecular formula is C21H30N5O2S-. The average Bonchev–Trinajstić information content (AvgIpc) is 3.22. The number of piperidine rings is 1. The standard InChI is InChI=1S/C21H31N5O2S/c27-29(28)22-14-17-5-4-6-19(13-17)18-9-11-25(12-10-18)15-20-16-26(24-23-20)21-7-2-1-3-8-21/h4-6,13,16,18,21-22H,1-3,7-12,14-15H2,(H,27,28)/p-1. The van der Waals surface area contributed by atoms with E-state index in [2.05, 4.69) is 42.9 Å². The molecule has 7 nitrogen and oxygen atoms in total. The predicted octanol–water partition coefficient (Wildman–Crippen LogP) is 3.05. The van der Waals surface area contributed by atoms with Crippen LogP contribution in [-0.4, -0.2) is 41.7 Å². The Kier molecular flexibility index (Phi) is 7.07. The minimum atomic E-state index is -2.22. The molecule has 0 spiro atoms. The molecule has 1 saturated heterocycles. The summed E-state index contributed by atoms with van der Waals surface area (Å²) in [5, 5.41) is 8.82. The average molecular weight is 417 g/mol. The maximum absolute atomic E-state index is 10.7. The van der Waals surface area contributed by atoms with Gasteiger partial charge in [0, 0.05) is 24.4 Å². The van der Waals surface area contributed by atoms with Gasteiger partial charge in [0.25, 0.3) is 0 Å². The highest BCUT2D eigenvalue weighted by atomic mass is 32.2. The zero-order valence-corrected chi connectivity index (χ0v) is 17.6. The van der Waals surface area contributed by atoms with Gasteiger partial charge in [-0.1, -0.05) is 48.7 Å². The fraction of sp³-hybridized carbons (Fsp3) is 0.619. The van der Waals surface area contributed by atoms with Gasteiger partial charge < -0.3 is 4.55 Å². The smallest absolute Gasteiger partial charge is 0.0967 e. The van der Waals surface area contributed by atoms with Crippen LogP contribution in [0.2, 0.25) is 0 Å². The number of nitrogens with one attached hydrogen (secondary N) is 1. The van der Waals surface area contributed by atoms with Crippen LogP contribution >= 0.6 is 0 Å². The van der Waals surface area contributed by atoms with Gasteiger partial charge >= 0.3 is 0 Å². The maximum atomic E-state index is 10.7. The van der Waals surface area contributed by atoms with Crippen molar-refractivity contribution in [3.05, 3.63) is 47.3 Å². The highest BCUT2D eigenvalue weighted by Gasteiger charge is 2.22. The summed E-state index contributed by atoms with van der Waals surface area (Å²) in [6, 6.07) is 8.82. The van der Waals surface area contributed by atoms with Crippen molar-refractivity contribution in [2.75, 3.05) is 13.1 Å². The largest absolute Gasteiger partial charge is 0.760 e. The van der Waals surface area contributed by atoms with Gasteiger partial charge in [0.1, 0.15) is 0 Å². The monoisotopic (exact) mass is 416 g/mol. The van der Waals surface area contributed by atoms with E-state index in [4.69, 9.17) is 0 Å². The van der Waals surface area contributed by atoms with E-state index in [1.807, 2.05) is 12.1 Å². The van der Waals surface area contributed by atoms with Crippen molar-refractivity contribution >= 4 is 11.3 Å². The SMILES string of the molecule is O=S([O-])NCc1cccc(C2CCN(Cc3cn(C4CCCCC4)nn3)CC2)c1. The minimum absolute atomic E-state index is 0.347. The van der Waals surface area contributed by atoms with Crippen LogP contribution in [-0.2, 0) is 24.4 Å². The van der Waals surface area contributed by atoms with Crippen molar-refractivity contribution < 1.29 is 8.76 Å². The second-order valence-electron chi connectivity index (χ2n) is 8.33. The molecule has 1 unspecified atom stereocenters. The molecule has 2 aromatic rings. The fourth-order valence-corrected chi connectivity index (χ4v) is 4.95. The van der Waals surface area contributed by atoms with Crippen LogP contribution in [0.3, 0.4) is 0 Å². The van der Waals surface area contributed by atoms with E-state index in [0.29, 0.717) is 18.5 Å². The summed E-state index contributed by atoms with van der Waals surface area (Å²) in [7, 11) is 0. The number of hydrogen-bond donors (Lipinski definition) is 1. The number of benzene rings is 1. The molecule has 1 aromatic carbocycles. The lowest BCUT2D eigenvalue weighted by molar-refractivity contribution is 0.202. The summed E-state index contributed by atoms with van der Waals surface area (Å²) >= 11 is -2.22. The molecule has 1 aromatic heterocycles. The molecule has 1 aliphatic carbocycles. The molecule has 2 fully saturated rings. The first-order chi connectivity index (χ1) is 14.2. The van der Waals surface area contributed by atoms with Gasteiger partial charge in [-0.05, 0) is 55.8 Å². The topological polar surface area (TPSA) is 86.1 Å². The molecule has 2 heterocycles. The number of likely N-dealkylation sites (tertiary alicyclic amines) is 1. The van der Waals surface area contributed by atoms with Crippen molar-refractivity contribution in [3.8, 4) is 0 Å². The lowest BCUT2D eigenvalue weighted by atomic mass is 9.88. The highest BCUT2D eigenvalue weighted by Crippen LogP contribution is 2.30. The zero-order valence-electron chi connectivity index (χ0n) is 16.8. The number of rotatable bonds is 7. The van der Waals surface area contributed by atoms with Gasteiger partial charge in [0.15, 0.2) is 0 Å². The lowest BCUT2D eigenvalue weighted by Crippen LogP contribution is -2.32. The third-order valence-corrected chi connectivity index (χ3v) is 6.68. The zero-order chi connectivity index (χ0) is 20.1. The molecule has 1 N–H and O–H groups in total. The van der Waals surface area contributed by atoms with Gasteiger partial charge in [-0.25, -0.2) is 9.40 Å². The van der Waals surface area contributed by atoms with Crippen molar-refractivity contribution in [2.24, 2.45) is 0 Å². The molecule has 4 rings (SSSR count). The first-order valence-corrected chi connectivity index (χ1v) is 11.8. The van der Waals surface area contributed by atoms with Crippen molar-refractivity contribution in [2.45, 2.75) is 70.0 Å². The number of nitrogens with zero attached hydrogens (tertiary/aromatic N) is 4. The van der Waals surface area contributed by atoms with Crippen LogP contribution < -0.4 is 4.72 Å². The molecule has 1 saturated carbocycles. The second kappa shape index (κ2) is 9.93. The summed E-state index contributed by atoms with van der Waals surface area (Å²) in [6.07, 6.45) is 10.8. The van der Waals surface area contributed by atoms with Gasteiger partial charge in [0.05, 0.1) is 17.9 Å². The Balaban J connectivity index is 1.28. The van der Waals surface area contributed by atoms with Gasteiger partial charge in [-0.2, -0.15) is 0 Å². The summed E-state index contributed by atoms with van der Waals surface area (Å²) in [5.74, 6) is 0.530. The molecule has 0 bridgehead atoms. The molecular weight excluding hydrogens is 386 g/mol. The van der Waals surface area contributed by atoms with Crippen LogP contribution in [0.25, 0.3) is 0 Å².